The van der Waals surface area contributed by atoms with Crippen LogP contribution in [-0.2, 0) is 9.47 Å². The summed E-state index contributed by atoms with van der Waals surface area (Å²) in [6, 6.07) is 1.73. The second-order valence-corrected chi connectivity index (χ2v) is 4.83. The predicted octanol–water partition coefficient (Wildman–Crippen LogP) is -0.200. The zero-order valence-electron chi connectivity index (χ0n) is 11.2. The quantitative estimate of drug-likeness (QED) is 0.707. The number of pyridine rings is 1. The lowest BCUT2D eigenvalue weighted by molar-refractivity contribution is -0.0237. The van der Waals surface area contributed by atoms with Gasteiger partial charge in [-0.25, -0.2) is 0 Å². The van der Waals surface area contributed by atoms with E-state index in [-0.39, 0.29) is 12.2 Å². The third kappa shape index (κ3) is 2.44. The molecule has 1 fully saturated rings. The Morgan fingerprint density at radius 1 is 1.47 bits per heavy atom. The van der Waals surface area contributed by atoms with E-state index in [1.54, 1.807) is 19.9 Å². The van der Waals surface area contributed by atoms with E-state index in [1.165, 1.54) is 7.11 Å². The van der Waals surface area contributed by atoms with Gasteiger partial charge in [-0.1, -0.05) is 0 Å². The van der Waals surface area contributed by atoms with Crippen LogP contribution in [0.25, 0.3) is 0 Å². The fourth-order valence-corrected chi connectivity index (χ4v) is 2.44. The van der Waals surface area contributed by atoms with Crippen LogP contribution in [0.2, 0.25) is 0 Å². The van der Waals surface area contributed by atoms with Crippen LogP contribution in [-0.4, -0.2) is 47.2 Å². The third-order valence-electron chi connectivity index (χ3n) is 3.56. The molecule has 0 aromatic carbocycles. The highest BCUT2D eigenvalue weighted by molar-refractivity contribution is 5.28. The lowest BCUT2D eigenvalue weighted by Crippen LogP contribution is -2.34. The van der Waals surface area contributed by atoms with E-state index in [4.69, 9.17) is 9.47 Å². The Morgan fingerprint density at radius 2 is 2.16 bits per heavy atom. The van der Waals surface area contributed by atoms with Crippen LogP contribution in [0.4, 0.5) is 0 Å². The van der Waals surface area contributed by atoms with Crippen molar-refractivity contribution in [3.05, 3.63) is 33.2 Å². The van der Waals surface area contributed by atoms with E-state index >= 15 is 0 Å². The number of H-pyrrole nitrogens is 1. The van der Waals surface area contributed by atoms with E-state index in [1.807, 2.05) is 0 Å². The van der Waals surface area contributed by atoms with Crippen molar-refractivity contribution in [2.45, 2.75) is 38.3 Å². The Bertz CT molecular complexity index is 512. The molecule has 0 radical (unpaired) electrons. The topological polar surface area (TPSA) is 91.8 Å². The Labute approximate surface area is 111 Å². The smallest absolute Gasteiger partial charge is 0.251 e. The van der Waals surface area contributed by atoms with Gasteiger partial charge in [0.05, 0.1) is 6.61 Å². The van der Waals surface area contributed by atoms with Crippen LogP contribution >= 0.6 is 0 Å². The molecule has 1 aliphatic rings. The fourth-order valence-electron chi connectivity index (χ4n) is 2.44. The largest absolute Gasteiger partial charge is 0.394 e. The fraction of sp³-hybridized carbons (Fsp3) is 0.615. The van der Waals surface area contributed by atoms with Crippen molar-refractivity contribution >= 4 is 0 Å². The standard InChI is InChI=1S/C13H19NO5/c1-6-4-8(7(2)14-13(6)17)11-12(18-3)10(16)9(5-15)19-11/h4,9-12,15-16H,5H2,1-3H3,(H,14,17)/t9-,10?,11+,12+/m1/s1. The molecule has 0 spiro atoms. The number of aliphatic hydroxyl groups excluding tert-OH is 2. The van der Waals surface area contributed by atoms with Crippen LogP contribution in [0.3, 0.4) is 0 Å². The van der Waals surface area contributed by atoms with Crippen LogP contribution < -0.4 is 5.56 Å². The van der Waals surface area contributed by atoms with Gasteiger partial charge < -0.3 is 24.7 Å². The molecular weight excluding hydrogens is 250 g/mol. The van der Waals surface area contributed by atoms with Gasteiger partial charge in [-0.3, -0.25) is 4.79 Å². The van der Waals surface area contributed by atoms with Gasteiger partial charge in [0.2, 0.25) is 0 Å². The molecule has 1 aromatic rings. The monoisotopic (exact) mass is 269 g/mol. The molecule has 1 aromatic heterocycles. The van der Waals surface area contributed by atoms with Crippen molar-refractivity contribution < 1.29 is 19.7 Å². The van der Waals surface area contributed by atoms with Crippen molar-refractivity contribution in [1.29, 1.82) is 0 Å². The normalized spacial score (nSPS) is 30.8. The summed E-state index contributed by atoms with van der Waals surface area (Å²) >= 11 is 0. The van der Waals surface area contributed by atoms with Gasteiger partial charge in [0.25, 0.3) is 5.56 Å². The first-order valence-electron chi connectivity index (χ1n) is 6.17. The summed E-state index contributed by atoms with van der Waals surface area (Å²) in [5.74, 6) is 0. The minimum Gasteiger partial charge on any atom is -0.394 e. The molecule has 6 nitrogen and oxygen atoms in total. The highest BCUT2D eigenvalue weighted by Crippen LogP contribution is 2.36. The maximum absolute atomic E-state index is 11.5. The van der Waals surface area contributed by atoms with Gasteiger partial charge in [0, 0.05) is 23.9 Å². The Kier molecular flexibility index (Phi) is 4.05. The molecule has 1 saturated heterocycles. The van der Waals surface area contributed by atoms with Gasteiger partial charge in [-0.2, -0.15) is 0 Å². The molecule has 2 heterocycles. The lowest BCUT2D eigenvalue weighted by atomic mass is 9.99. The summed E-state index contributed by atoms with van der Waals surface area (Å²) in [4.78, 5) is 14.3. The summed E-state index contributed by atoms with van der Waals surface area (Å²) in [5, 5.41) is 19.2. The number of rotatable bonds is 3. The molecule has 0 saturated carbocycles. The molecular formula is C13H19NO5. The van der Waals surface area contributed by atoms with Gasteiger partial charge in [-0.15, -0.1) is 0 Å². The van der Waals surface area contributed by atoms with Crippen LogP contribution in [0, 0.1) is 13.8 Å². The first-order chi connectivity index (χ1) is 8.99. The van der Waals surface area contributed by atoms with E-state index in [2.05, 4.69) is 4.98 Å². The summed E-state index contributed by atoms with van der Waals surface area (Å²) < 4.78 is 10.9. The predicted molar refractivity (Wildman–Crippen MR) is 68.0 cm³/mol. The molecule has 4 atom stereocenters. The Morgan fingerprint density at radius 3 is 2.74 bits per heavy atom. The van der Waals surface area contributed by atoms with Gasteiger partial charge >= 0.3 is 0 Å². The van der Waals surface area contributed by atoms with E-state index in [9.17, 15) is 15.0 Å². The highest BCUT2D eigenvalue weighted by atomic mass is 16.6. The average molecular weight is 269 g/mol. The number of aromatic amines is 1. The van der Waals surface area contributed by atoms with E-state index in [0.29, 0.717) is 11.3 Å². The second kappa shape index (κ2) is 5.42. The number of nitrogens with one attached hydrogen (secondary N) is 1. The minimum atomic E-state index is -0.897. The second-order valence-electron chi connectivity index (χ2n) is 4.83. The number of hydrogen-bond acceptors (Lipinski definition) is 5. The summed E-state index contributed by atoms with van der Waals surface area (Å²) in [6.07, 6.45) is -2.65. The average Bonchev–Trinajstić information content (AvgIpc) is 2.70. The molecule has 6 heteroatoms. The van der Waals surface area contributed by atoms with Crippen molar-refractivity contribution in [1.82, 2.24) is 4.98 Å². The molecule has 19 heavy (non-hydrogen) atoms. The number of aliphatic hydroxyl groups is 2. The first kappa shape index (κ1) is 14.2. The molecule has 2 rings (SSSR count). The number of aromatic nitrogens is 1. The van der Waals surface area contributed by atoms with E-state index in [0.717, 1.165) is 5.56 Å². The number of hydrogen-bond donors (Lipinski definition) is 3. The van der Waals surface area contributed by atoms with Crippen LogP contribution in [0.15, 0.2) is 10.9 Å². The summed E-state index contributed by atoms with van der Waals surface area (Å²) in [6.45, 7) is 3.20. The number of ether oxygens (including phenoxy) is 2. The molecule has 0 bridgehead atoms. The lowest BCUT2D eigenvalue weighted by Gasteiger charge is -2.20. The Hall–Kier alpha value is -1.21. The zero-order chi connectivity index (χ0) is 14.2. The third-order valence-corrected chi connectivity index (χ3v) is 3.56. The van der Waals surface area contributed by atoms with Crippen LogP contribution in [0.1, 0.15) is 22.9 Å². The summed E-state index contributed by atoms with van der Waals surface area (Å²) in [5.41, 5.74) is 1.86. The van der Waals surface area contributed by atoms with Crippen LogP contribution in [0.5, 0.6) is 0 Å². The highest BCUT2D eigenvalue weighted by Gasteiger charge is 2.45. The molecule has 0 aliphatic carbocycles. The maximum Gasteiger partial charge on any atom is 0.251 e. The van der Waals surface area contributed by atoms with Crippen molar-refractivity contribution in [3.8, 4) is 0 Å². The van der Waals surface area contributed by atoms with Crippen molar-refractivity contribution in [2.24, 2.45) is 0 Å². The van der Waals surface area contributed by atoms with Gasteiger partial charge in [0.1, 0.15) is 24.4 Å². The van der Waals surface area contributed by atoms with Crippen molar-refractivity contribution in [3.63, 3.8) is 0 Å². The Balaban J connectivity index is 2.41. The molecule has 3 N–H and O–H groups in total. The molecule has 1 unspecified atom stereocenters. The first-order valence-corrected chi connectivity index (χ1v) is 6.17. The molecule has 1 aliphatic heterocycles. The minimum absolute atomic E-state index is 0.146. The van der Waals surface area contributed by atoms with Crippen molar-refractivity contribution in [2.75, 3.05) is 13.7 Å². The zero-order valence-corrected chi connectivity index (χ0v) is 11.2. The maximum atomic E-state index is 11.5. The van der Waals surface area contributed by atoms with Gasteiger partial charge in [-0.05, 0) is 19.9 Å². The van der Waals surface area contributed by atoms with Gasteiger partial charge in [0.15, 0.2) is 0 Å². The molecule has 106 valence electrons. The number of methoxy groups -OCH3 is 1. The SMILES string of the molecule is CO[C@H]1C(O)[C@@H](CO)O[C@H]1c1cc(C)c(=O)[nH]c1C. The molecule has 0 amide bonds. The summed E-state index contributed by atoms with van der Waals surface area (Å²) in [7, 11) is 1.48. The number of aryl methyl sites for hydroxylation is 2. The van der Waals surface area contributed by atoms with E-state index < -0.39 is 24.4 Å².